The van der Waals surface area contributed by atoms with Gasteiger partial charge in [0.25, 0.3) is 0 Å². The molecule has 0 bridgehead atoms. The molecule has 0 aliphatic rings. The summed E-state index contributed by atoms with van der Waals surface area (Å²) in [5.74, 6) is -0.276. The summed E-state index contributed by atoms with van der Waals surface area (Å²) in [7, 11) is 0. The van der Waals surface area contributed by atoms with E-state index >= 15 is 0 Å². The summed E-state index contributed by atoms with van der Waals surface area (Å²) in [6.45, 7) is 6.04. The number of hydrogen-bond donors (Lipinski definition) is 0. The number of aliphatic imine (C=N–C) groups is 1. The minimum Gasteiger partial charge on any atom is -0.459 e. The zero-order valence-corrected chi connectivity index (χ0v) is 15.4. The Morgan fingerprint density at radius 2 is 1.76 bits per heavy atom. The van der Waals surface area contributed by atoms with Crippen molar-refractivity contribution in [1.29, 1.82) is 0 Å². The lowest BCUT2D eigenvalue weighted by molar-refractivity contribution is 0.0356. The monoisotopic (exact) mass is 337 g/mol. The lowest BCUT2D eigenvalue weighted by atomic mass is 10.1. The van der Waals surface area contributed by atoms with Crippen molar-refractivity contribution in [1.82, 2.24) is 0 Å². The highest BCUT2D eigenvalue weighted by atomic mass is 16.5. The van der Waals surface area contributed by atoms with Gasteiger partial charge < -0.3 is 4.74 Å². The third-order valence-electron chi connectivity index (χ3n) is 3.98. The molecule has 3 nitrogen and oxygen atoms in total. The number of carbonyl (C=O) groups is 1. The predicted octanol–water partition coefficient (Wildman–Crippen LogP) is 5.76. The fourth-order valence-corrected chi connectivity index (χ4v) is 2.67. The lowest BCUT2D eigenvalue weighted by Gasteiger charge is -2.13. The van der Waals surface area contributed by atoms with Crippen LogP contribution in [-0.4, -0.2) is 17.8 Å². The first kappa shape index (κ1) is 18.9. The second-order valence-corrected chi connectivity index (χ2v) is 6.40. The highest BCUT2D eigenvalue weighted by molar-refractivity contribution is 5.90. The standard InChI is InChI=1S/C22H27NO2/c1-4-5-9-19-12-14-20(15-13-19)22(24)25-18(3)16-17(2)23-21-10-7-6-8-11-21/h6-8,10-15,18H,4-5,9,16H2,1-3H3. The third-order valence-corrected chi connectivity index (χ3v) is 3.98. The first-order chi connectivity index (χ1) is 12.1. The average molecular weight is 337 g/mol. The first-order valence-electron chi connectivity index (χ1n) is 8.97. The van der Waals surface area contributed by atoms with E-state index in [0.717, 1.165) is 17.8 Å². The Morgan fingerprint density at radius 1 is 1.08 bits per heavy atom. The van der Waals surface area contributed by atoms with Crippen LogP contribution in [0.3, 0.4) is 0 Å². The molecule has 132 valence electrons. The normalized spacial score (nSPS) is 12.7. The smallest absolute Gasteiger partial charge is 0.338 e. The molecule has 2 aromatic rings. The number of para-hydroxylation sites is 1. The Balaban J connectivity index is 1.88. The van der Waals surface area contributed by atoms with E-state index in [9.17, 15) is 4.79 Å². The van der Waals surface area contributed by atoms with E-state index in [2.05, 4.69) is 11.9 Å². The molecule has 25 heavy (non-hydrogen) atoms. The highest BCUT2D eigenvalue weighted by Gasteiger charge is 2.13. The van der Waals surface area contributed by atoms with Crippen molar-refractivity contribution in [3.05, 3.63) is 65.7 Å². The Morgan fingerprint density at radius 3 is 2.40 bits per heavy atom. The number of carbonyl (C=O) groups excluding carboxylic acids is 1. The maximum absolute atomic E-state index is 12.3. The number of aryl methyl sites for hydroxylation is 1. The van der Waals surface area contributed by atoms with Crippen LogP contribution < -0.4 is 0 Å². The van der Waals surface area contributed by atoms with E-state index in [1.807, 2.05) is 68.4 Å². The molecule has 0 aromatic heterocycles. The molecule has 0 amide bonds. The van der Waals surface area contributed by atoms with Crippen molar-refractivity contribution in [2.24, 2.45) is 4.99 Å². The largest absolute Gasteiger partial charge is 0.459 e. The third kappa shape index (κ3) is 6.54. The minimum atomic E-state index is -0.276. The number of esters is 1. The average Bonchev–Trinajstić information content (AvgIpc) is 2.61. The van der Waals surface area contributed by atoms with Gasteiger partial charge >= 0.3 is 5.97 Å². The molecule has 1 atom stereocenters. The van der Waals surface area contributed by atoms with Gasteiger partial charge in [-0.1, -0.05) is 43.7 Å². The number of benzene rings is 2. The molecule has 2 aromatic carbocycles. The maximum atomic E-state index is 12.3. The SMILES string of the molecule is CCCCc1ccc(C(=O)OC(C)CC(C)=Nc2ccccc2)cc1. The summed E-state index contributed by atoms with van der Waals surface area (Å²) >= 11 is 0. The predicted molar refractivity (Wildman–Crippen MR) is 104 cm³/mol. The van der Waals surface area contributed by atoms with Crippen LogP contribution in [0.4, 0.5) is 5.69 Å². The van der Waals surface area contributed by atoms with E-state index in [-0.39, 0.29) is 12.1 Å². The van der Waals surface area contributed by atoms with E-state index in [1.54, 1.807) is 0 Å². The molecular weight excluding hydrogens is 310 g/mol. The lowest BCUT2D eigenvalue weighted by Crippen LogP contribution is -2.17. The molecule has 0 fully saturated rings. The van der Waals surface area contributed by atoms with E-state index in [4.69, 9.17) is 4.74 Å². The topological polar surface area (TPSA) is 38.7 Å². The highest BCUT2D eigenvalue weighted by Crippen LogP contribution is 2.14. The van der Waals surface area contributed by atoms with Gasteiger partial charge in [-0.15, -0.1) is 0 Å². The van der Waals surface area contributed by atoms with Crippen molar-refractivity contribution in [2.75, 3.05) is 0 Å². The Labute approximate surface area is 150 Å². The summed E-state index contributed by atoms with van der Waals surface area (Å²) in [5.41, 5.74) is 3.73. The molecule has 0 saturated carbocycles. The molecule has 0 N–H and O–H groups in total. The Hall–Kier alpha value is -2.42. The van der Waals surface area contributed by atoms with Crippen molar-refractivity contribution in [3.63, 3.8) is 0 Å². The van der Waals surface area contributed by atoms with Gasteiger partial charge in [0.05, 0.1) is 11.3 Å². The number of hydrogen-bond acceptors (Lipinski definition) is 3. The molecule has 0 saturated heterocycles. The van der Waals surface area contributed by atoms with Gasteiger partial charge in [0.2, 0.25) is 0 Å². The molecule has 0 aliphatic carbocycles. The Kier molecular flexibility index (Phi) is 7.39. The molecule has 0 aliphatic heterocycles. The van der Waals surface area contributed by atoms with Gasteiger partial charge in [0.1, 0.15) is 6.10 Å². The molecule has 1 unspecified atom stereocenters. The summed E-state index contributed by atoms with van der Waals surface area (Å²) in [5, 5.41) is 0. The molecule has 0 spiro atoms. The van der Waals surface area contributed by atoms with Crippen LogP contribution in [0.1, 0.15) is 56.0 Å². The summed E-state index contributed by atoms with van der Waals surface area (Å²) in [4.78, 5) is 16.8. The van der Waals surface area contributed by atoms with Gasteiger partial charge in [0, 0.05) is 12.1 Å². The van der Waals surface area contributed by atoms with E-state index in [0.29, 0.717) is 12.0 Å². The number of nitrogens with zero attached hydrogens (tertiary/aromatic N) is 1. The van der Waals surface area contributed by atoms with Crippen LogP contribution in [-0.2, 0) is 11.2 Å². The number of unbranched alkanes of at least 4 members (excludes halogenated alkanes) is 1. The van der Waals surface area contributed by atoms with Crippen LogP contribution in [0.25, 0.3) is 0 Å². The minimum absolute atomic E-state index is 0.209. The van der Waals surface area contributed by atoms with Crippen molar-refractivity contribution in [2.45, 2.75) is 52.6 Å². The first-order valence-corrected chi connectivity index (χ1v) is 8.97. The molecule has 2 rings (SSSR count). The zero-order chi connectivity index (χ0) is 18.1. The summed E-state index contributed by atoms with van der Waals surface area (Å²) in [6.07, 6.45) is 3.80. The molecule has 3 heteroatoms. The van der Waals surface area contributed by atoms with Crippen LogP contribution in [0.15, 0.2) is 59.6 Å². The number of rotatable bonds is 8. The zero-order valence-electron chi connectivity index (χ0n) is 15.4. The molecular formula is C22H27NO2. The van der Waals surface area contributed by atoms with Gasteiger partial charge in [-0.2, -0.15) is 0 Å². The fraction of sp³-hybridized carbons (Fsp3) is 0.364. The molecule has 0 radical (unpaired) electrons. The van der Waals surface area contributed by atoms with Gasteiger partial charge in [-0.3, -0.25) is 4.99 Å². The fourth-order valence-electron chi connectivity index (χ4n) is 2.67. The van der Waals surface area contributed by atoms with Gasteiger partial charge in [-0.05, 0) is 56.5 Å². The van der Waals surface area contributed by atoms with Crippen molar-refractivity contribution < 1.29 is 9.53 Å². The van der Waals surface area contributed by atoms with Crippen LogP contribution >= 0.6 is 0 Å². The quantitative estimate of drug-likeness (QED) is 0.454. The van der Waals surface area contributed by atoms with Gasteiger partial charge in [-0.25, -0.2) is 4.79 Å². The van der Waals surface area contributed by atoms with Crippen LogP contribution in [0.2, 0.25) is 0 Å². The van der Waals surface area contributed by atoms with Gasteiger partial charge in [0.15, 0.2) is 0 Å². The van der Waals surface area contributed by atoms with Crippen LogP contribution in [0.5, 0.6) is 0 Å². The molecule has 0 heterocycles. The second kappa shape index (κ2) is 9.77. The van der Waals surface area contributed by atoms with E-state index in [1.165, 1.54) is 18.4 Å². The maximum Gasteiger partial charge on any atom is 0.338 e. The van der Waals surface area contributed by atoms with Crippen LogP contribution in [0, 0.1) is 0 Å². The Bertz CT molecular complexity index is 690. The van der Waals surface area contributed by atoms with Crippen molar-refractivity contribution >= 4 is 17.4 Å². The summed E-state index contributed by atoms with van der Waals surface area (Å²) in [6, 6.07) is 17.5. The van der Waals surface area contributed by atoms with E-state index < -0.39 is 0 Å². The second-order valence-electron chi connectivity index (χ2n) is 6.40. The van der Waals surface area contributed by atoms with Crippen molar-refractivity contribution in [3.8, 4) is 0 Å². The number of ether oxygens (including phenoxy) is 1. The summed E-state index contributed by atoms with van der Waals surface area (Å²) < 4.78 is 5.55.